The molecule has 0 bridgehead atoms. The molecule has 2 aromatic rings. The van der Waals surface area contributed by atoms with E-state index in [1.165, 1.54) is 44.9 Å². The normalized spacial score (nSPS) is 19.8. The van der Waals surface area contributed by atoms with Crippen molar-refractivity contribution in [3.63, 3.8) is 0 Å². The Balaban J connectivity index is 1.52. The number of carbonyl (C=O) groups excluding carboxylic acids is 1. The van der Waals surface area contributed by atoms with E-state index in [-0.39, 0.29) is 5.91 Å². The van der Waals surface area contributed by atoms with E-state index < -0.39 is 0 Å². The third kappa shape index (κ3) is 2.95. The van der Waals surface area contributed by atoms with Crippen molar-refractivity contribution in [2.45, 2.75) is 45.1 Å². The van der Waals surface area contributed by atoms with Gasteiger partial charge in [0.05, 0.1) is 6.54 Å². The highest BCUT2D eigenvalue weighted by atomic mass is 16.2. The fourth-order valence-electron chi connectivity index (χ4n) is 4.34. The Morgan fingerprint density at radius 1 is 1.12 bits per heavy atom. The average molecular weight is 324 g/mol. The van der Waals surface area contributed by atoms with Crippen molar-refractivity contribution in [1.29, 1.82) is 0 Å². The average Bonchev–Trinajstić information content (AvgIpc) is 3.26. The Labute approximate surface area is 142 Å². The van der Waals surface area contributed by atoms with E-state index in [1.807, 2.05) is 24.3 Å². The van der Waals surface area contributed by atoms with Gasteiger partial charge in [-0.1, -0.05) is 37.5 Å². The summed E-state index contributed by atoms with van der Waals surface area (Å²) in [6, 6.07) is 7.89. The maximum atomic E-state index is 13.1. The van der Waals surface area contributed by atoms with Crippen LogP contribution in [0.3, 0.4) is 0 Å². The quantitative estimate of drug-likeness (QED) is 0.871. The molecule has 126 valence electrons. The summed E-state index contributed by atoms with van der Waals surface area (Å²) in [4.78, 5) is 19.2. The standard InChI is InChI=1S/C19H24N4O/c24-18(22-11-10-19(13-22)8-4-1-5-9-19)17-7-3-2-6-16(17)12-23-15-20-14-21-23/h2-3,6-7,14-15H,1,4-5,8-13H2. The van der Waals surface area contributed by atoms with Gasteiger partial charge in [-0.05, 0) is 36.3 Å². The summed E-state index contributed by atoms with van der Waals surface area (Å²) in [5, 5.41) is 4.16. The number of likely N-dealkylation sites (tertiary alicyclic amines) is 1. The molecule has 2 aliphatic rings. The minimum absolute atomic E-state index is 0.174. The van der Waals surface area contributed by atoms with E-state index in [0.717, 1.165) is 24.2 Å². The maximum absolute atomic E-state index is 13.1. The molecular formula is C19H24N4O. The van der Waals surface area contributed by atoms with Gasteiger partial charge in [-0.3, -0.25) is 4.79 Å². The first-order chi connectivity index (χ1) is 11.8. The van der Waals surface area contributed by atoms with Crippen molar-refractivity contribution in [3.8, 4) is 0 Å². The van der Waals surface area contributed by atoms with Gasteiger partial charge in [0.25, 0.3) is 5.91 Å². The summed E-state index contributed by atoms with van der Waals surface area (Å²) in [5.41, 5.74) is 2.22. The van der Waals surface area contributed by atoms with E-state index in [2.05, 4.69) is 15.0 Å². The summed E-state index contributed by atoms with van der Waals surface area (Å²) in [7, 11) is 0. The van der Waals surface area contributed by atoms with Crippen molar-refractivity contribution in [3.05, 3.63) is 48.0 Å². The second-order valence-corrected chi connectivity index (χ2v) is 7.29. The first-order valence-corrected chi connectivity index (χ1v) is 8.95. The molecule has 5 heteroatoms. The SMILES string of the molecule is O=C(c1ccccc1Cn1cncn1)N1CCC2(CCCCC2)C1. The molecule has 0 atom stereocenters. The van der Waals surface area contributed by atoms with Gasteiger partial charge in [-0.2, -0.15) is 5.10 Å². The summed E-state index contributed by atoms with van der Waals surface area (Å²) in [6.45, 7) is 2.42. The van der Waals surface area contributed by atoms with E-state index in [4.69, 9.17) is 0 Å². The van der Waals surface area contributed by atoms with E-state index in [9.17, 15) is 4.79 Å². The molecule has 24 heavy (non-hydrogen) atoms. The smallest absolute Gasteiger partial charge is 0.254 e. The molecule has 2 fully saturated rings. The zero-order valence-electron chi connectivity index (χ0n) is 14.0. The number of hydrogen-bond acceptors (Lipinski definition) is 3. The zero-order chi connectivity index (χ0) is 16.4. The molecule has 0 radical (unpaired) electrons. The third-order valence-corrected chi connectivity index (χ3v) is 5.69. The van der Waals surface area contributed by atoms with Gasteiger partial charge in [-0.15, -0.1) is 0 Å². The fraction of sp³-hybridized carbons (Fsp3) is 0.526. The molecule has 1 aromatic carbocycles. The van der Waals surface area contributed by atoms with Crippen LogP contribution in [0.2, 0.25) is 0 Å². The first-order valence-electron chi connectivity index (χ1n) is 8.95. The molecule has 1 saturated carbocycles. The van der Waals surface area contributed by atoms with Crippen LogP contribution in [0.5, 0.6) is 0 Å². The predicted octanol–water partition coefficient (Wildman–Crippen LogP) is 3.12. The largest absolute Gasteiger partial charge is 0.338 e. The number of nitrogens with zero attached hydrogens (tertiary/aromatic N) is 4. The molecule has 1 amide bonds. The van der Waals surface area contributed by atoms with Crippen molar-refractivity contribution < 1.29 is 4.79 Å². The van der Waals surface area contributed by atoms with Crippen LogP contribution in [-0.4, -0.2) is 38.7 Å². The highest BCUT2D eigenvalue weighted by Crippen LogP contribution is 2.44. The highest BCUT2D eigenvalue weighted by molar-refractivity contribution is 5.96. The Bertz CT molecular complexity index is 704. The first kappa shape index (κ1) is 15.4. The van der Waals surface area contributed by atoms with E-state index >= 15 is 0 Å². The molecule has 2 heterocycles. The third-order valence-electron chi connectivity index (χ3n) is 5.69. The van der Waals surface area contributed by atoms with Crippen LogP contribution in [0, 0.1) is 5.41 Å². The summed E-state index contributed by atoms with van der Waals surface area (Å²) < 4.78 is 1.76. The Hall–Kier alpha value is -2.17. The highest BCUT2D eigenvalue weighted by Gasteiger charge is 2.40. The van der Waals surface area contributed by atoms with Crippen LogP contribution in [0.1, 0.15) is 54.4 Å². The molecule has 1 aliphatic heterocycles. The molecule has 5 nitrogen and oxygen atoms in total. The number of rotatable bonds is 3. The van der Waals surface area contributed by atoms with Crippen LogP contribution in [-0.2, 0) is 6.54 Å². The van der Waals surface area contributed by atoms with Gasteiger partial charge in [0.15, 0.2) is 0 Å². The van der Waals surface area contributed by atoms with E-state index in [0.29, 0.717) is 12.0 Å². The molecule has 1 aromatic heterocycles. The number of carbonyl (C=O) groups is 1. The predicted molar refractivity (Wildman–Crippen MR) is 91.6 cm³/mol. The number of hydrogen-bond donors (Lipinski definition) is 0. The lowest BCUT2D eigenvalue weighted by Gasteiger charge is -2.33. The maximum Gasteiger partial charge on any atom is 0.254 e. The van der Waals surface area contributed by atoms with Gasteiger partial charge in [-0.25, -0.2) is 9.67 Å². The monoisotopic (exact) mass is 324 g/mol. The van der Waals surface area contributed by atoms with Crippen molar-refractivity contribution >= 4 is 5.91 Å². The summed E-state index contributed by atoms with van der Waals surface area (Å²) in [5.74, 6) is 0.174. The number of amides is 1. The van der Waals surface area contributed by atoms with Crippen molar-refractivity contribution in [1.82, 2.24) is 19.7 Å². The minimum atomic E-state index is 0.174. The lowest BCUT2D eigenvalue weighted by atomic mass is 9.73. The van der Waals surface area contributed by atoms with Crippen LogP contribution in [0.15, 0.2) is 36.9 Å². The zero-order valence-corrected chi connectivity index (χ0v) is 14.0. The summed E-state index contributed by atoms with van der Waals surface area (Å²) >= 11 is 0. The Morgan fingerprint density at radius 3 is 2.75 bits per heavy atom. The van der Waals surface area contributed by atoms with Gasteiger partial charge in [0.1, 0.15) is 12.7 Å². The van der Waals surface area contributed by atoms with Crippen LogP contribution >= 0.6 is 0 Å². The van der Waals surface area contributed by atoms with Gasteiger partial charge in [0.2, 0.25) is 0 Å². The molecule has 1 aliphatic carbocycles. The second kappa shape index (κ2) is 6.38. The van der Waals surface area contributed by atoms with E-state index in [1.54, 1.807) is 11.0 Å². The fourth-order valence-corrected chi connectivity index (χ4v) is 4.34. The molecule has 0 unspecified atom stereocenters. The topological polar surface area (TPSA) is 51.0 Å². The Morgan fingerprint density at radius 2 is 1.96 bits per heavy atom. The van der Waals surface area contributed by atoms with Crippen LogP contribution in [0.25, 0.3) is 0 Å². The summed E-state index contributed by atoms with van der Waals surface area (Å²) in [6.07, 6.45) is 11.0. The lowest BCUT2D eigenvalue weighted by molar-refractivity contribution is 0.0757. The molecular weight excluding hydrogens is 300 g/mol. The van der Waals surface area contributed by atoms with Gasteiger partial charge >= 0.3 is 0 Å². The number of aromatic nitrogens is 3. The van der Waals surface area contributed by atoms with Crippen LogP contribution < -0.4 is 0 Å². The molecule has 4 rings (SSSR count). The van der Waals surface area contributed by atoms with Crippen LogP contribution in [0.4, 0.5) is 0 Å². The number of benzene rings is 1. The molecule has 1 saturated heterocycles. The Kier molecular flexibility index (Phi) is 4.08. The van der Waals surface area contributed by atoms with Gasteiger partial charge in [0, 0.05) is 18.7 Å². The van der Waals surface area contributed by atoms with Crippen molar-refractivity contribution in [2.75, 3.05) is 13.1 Å². The molecule has 0 N–H and O–H groups in total. The second-order valence-electron chi connectivity index (χ2n) is 7.29. The molecule has 1 spiro atoms. The lowest BCUT2D eigenvalue weighted by Crippen LogP contribution is -2.33. The van der Waals surface area contributed by atoms with Gasteiger partial charge < -0.3 is 4.90 Å². The van der Waals surface area contributed by atoms with Crippen molar-refractivity contribution in [2.24, 2.45) is 5.41 Å². The minimum Gasteiger partial charge on any atom is -0.338 e.